The maximum Gasteiger partial charge on any atom is 0.193 e. The molecule has 0 bridgehead atoms. The smallest absolute Gasteiger partial charge is 0.193 e. The zero-order chi connectivity index (χ0) is 13.2. The second kappa shape index (κ2) is 5.40. The molecule has 0 spiro atoms. The highest BCUT2D eigenvalue weighted by atomic mass is 32.1. The zero-order valence-corrected chi connectivity index (χ0v) is 12.6. The van der Waals surface area contributed by atoms with E-state index in [1.165, 1.54) is 0 Å². The van der Waals surface area contributed by atoms with Gasteiger partial charge in [0.15, 0.2) is 4.96 Å². The molecule has 1 N–H and O–H groups in total. The summed E-state index contributed by atoms with van der Waals surface area (Å²) >= 11 is 3.37. The third-order valence-corrected chi connectivity index (χ3v) is 4.56. The third kappa shape index (κ3) is 2.70. The molecule has 0 saturated carbocycles. The number of likely N-dealkylation sites (N-methyl/N-ethyl adjacent to an activating group) is 1. The highest BCUT2D eigenvalue weighted by Gasteiger charge is 2.16. The minimum atomic E-state index is 0.250. The highest BCUT2D eigenvalue weighted by Crippen LogP contribution is 2.21. The van der Waals surface area contributed by atoms with Crippen LogP contribution in [0.4, 0.5) is 0 Å². The summed E-state index contributed by atoms with van der Waals surface area (Å²) in [5.41, 5.74) is 2.24. The second-order valence-corrected chi connectivity index (χ2v) is 6.37. The van der Waals surface area contributed by atoms with Gasteiger partial charge in [-0.2, -0.15) is 0 Å². The fraction of sp³-hybridized carbons (Fsp3) is 0.385. The molecule has 3 rings (SSSR count). The molecule has 0 radical (unpaired) electrons. The van der Waals surface area contributed by atoms with Gasteiger partial charge >= 0.3 is 0 Å². The lowest BCUT2D eigenvalue weighted by Crippen LogP contribution is -2.23. The highest BCUT2D eigenvalue weighted by molar-refractivity contribution is 7.15. The van der Waals surface area contributed by atoms with Crippen molar-refractivity contribution in [3.05, 3.63) is 39.5 Å². The summed E-state index contributed by atoms with van der Waals surface area (Å²) in [4.78, 5) is 10.3. The first kappa shape index (κ1) is 12.8. The molecule has 1 unspecified atom stereocenters. The molecular formula is C13H16N4S2. The molecule has 0 fully saturated rings. The van der Waals surface area contributed by atoms with Crippen LogP contribution < -0.4 is 5.32 Å². The Morgan fingerprint density at radius 2 is 2.26 bits per heavy atom. The molecule has 3 heterocycles. The minimum Gasteiger partial charge on any atom is -0.309 e. The van der Waals surface area contributed by atoms with Crippen LogP contribution in [-0.2, 0) is 6.42 Å². The average Bonchev–Trinajstić information content (AvgIpc) is 3.03. The third-order valence-electron chi connectivity index (χ3n) is 3.00. The van der Waals surface area contributed by atoms with Crippen molar-refractivity contribution in [3.63, 3.8) is 0 Å². The number of aryl methyl sites for hydroxylation is 1. The van der Waals surface area contributed by atoms with Crippen LogP contribution in [0.3, 0.4) is 0 Å². The molecule has 0 aliphatic carbocycles. The van der Waals surface area contributed by atoms with E-state index in [4.69, 9.17) is 0 Å². The quantitative estimate of drug-likeness (QED) is 0.786. The Labute approximate surface area is 120 Å². The number of hydrogen-bond donors (Lipinski definition) is 1. The van der Waals surface area contributed by atoms with E-state index in [0.29, 0.717) is 0 Å². The Balaban J connectivity index is 1.82. The largest absolute Gasteiger partial charge is 0.309 e. The van der Waals surface area contributed by atoms with Gasteiger partial charge in [0, 0.05) is 29.6 Å². The van der Waals surface area contributed by atoms with E-state index in [9.17, 15) is 0 Å². The molecule has 3 aromatic rings. The standard InChI is InChI=1S/C13H16N4S2/c1-3-14-11(12-8-19-9(2)15-12)6-10-7-17-4-5-18-13(17)16-10/h4-5,7-8,11,14H,3,6H2,1-2H3. The van der Waals surface area contributed by atoms with Crippen molar-refractivity contribution in [3.8, 4) is 0 Å². The molecule has 0 aliphatic heterocycles. The molecule has 19 heavy (non-hydrogen) atoms. The first-order valence-corrected chi connectivity index (χ1v) is 8.08. The van der Waals surface area contributed by atoms with E-state index >= 15 is 0 Å². The normalized spacial score (nSPS) is 13.2. The maximum absolute atomic E-state index is 4.64. The number of nitrogens with zero attached hydrogens (tertiary/aromatic N) is 3. The minimum absolute atomic E-state index is 0.250. The lowest BCUT2D eigenvalue weighted by atomic mass is 10.1. The summed E-state index contributed by atoms with van der Waals surface area (Å²) in [5.74, 6) is 0. The predicted molar refractivity (Wildman–Crippen MR) is 80.0 cm³/mol. The Morgan fingerprint density at radius 1 is 1.37 bits per heavy atom. The molecule has 4 nitrogen and oxygen atoms in total. The Hall–Kier alpha value is -1.24. The lowest BCUT2D eigenvalue weighted by molar-refractivity contribution is 0.534. The van der Waals surface area contributed by atoms with E-state index < -0.39 is 0 Å². The van der Waals surface area contributed by atoms with Gasteiger partial charge in [0.05, 0.1) is 22.4 Å². The molecule has 6 heteroatoms. The predicted octanol–water partition coefficient (Wildman–Crippen LogP) is 3.05. The van der Waals surface area contributed by atoms with Crippen molar-refractivity contribution >= 4 is 27.6 Å². The van der Waals surface area contributed by atoms with E-state index in [-0.39, 0.29) is 6.04 Å². The molecule has 0 aliphatic rings. The van der Waals surface area contributed by atoms with Gasteiger partial charge in [-0.05, 0) is 13.5 Å². The van der Waals surface area contributed by atoms with E-state index in [2.05, 4.69) is 43.6 Å². The molecular weight excluding hydrogens is 276 g/mol. The molecule has 0 amide bonds. The molecule has 0 aromatic carbocycles. The lowest BCUT2D eigenvalue weighted by Gasteiger charge is -2.14. The number of fused-ring (bicyclic) bond motifs is 1. The summed E-state index contributed by atoms with van der Waals surface area (Å²) in [5, 5.41) is 8.80. The van der Waals surface area contributed by atoms with E-state index in [1.54, 1.807) is 22.7 Å². The summed E-state index contributed by atoms with van der Waals surface area (Å²) in [6.45, 7) is 5.10. The van der Waals surface area contributed by atoms with Gasteiger partial charge in [-0.15, -0.1) is 22.7 Å². The van der Waals surface area contributed by atoms with Gasteiger partial charge in [-0.3, -0.25) is 4.40 Å². The number of nitrogens with one attached hydrogen (secondary N) is 1. The molecule has 100 valence electrons. The van der Waals surface area contributed by atoms with Crippen molar-refractivity contribution in [1.82, 2.24) is 19.7 Å². The van der Waals surface area contributed by atoms with Crippen LogP contribution in [-0.4, -0.2) is 20.9 Å². The summed E-state index contributed by atoms with van der Waals surface area (Å²) < 4.78 is 2.08. The van der Waals surface area contributed by atoms with Crippen LogP contribution in [0.25, 0.3) is 4.96 Å². The monoisotopic (exact) mass is 292 g/mol. The van der Waals surface area contributed by atoms with Crippen LogP contribution in [0.5, 0.6) is 0 Å². The van der Waals surface area contributed by atoms with Gasteiger partial charge in [-0.25, -0.2) is 9.97 Å². The summed E-state index contributed by atoms with van der Waals surface area (Å²) in [6.07, 6.45) is 5.03. The van der Waals surface area contributed by atoms with E-state index in [1.807, 2.05) is 13.1 Å². The van der Waals surface area contributed by atoms with Gasteiger partial charge in [0.25, 0.3) is 0 Å². The van der Waals surface area contributed by atoms with Gasteiger partial charge in [0.1, 0.15) is 0 Å². The second-order valence-electron chi connectivity index (χ2n) is 4.43. The fourth-order valence-electron chi connectivity index (χ4n) is 2.15. The van der Waals surface area contributed by atoms with Crippen molar-refractivity contribution in [2.24, 2.45) is 0 Å². The Kier molecular flexibility index (Phi) is 3.63. The van der Waals surface area contributed by atoms with Crippen molar-refractivity contribution in [1.29, 1.82) is 0 Å². The van der Waals surface area contributed by atoms with Crippen molar-refractivity contribution < 1.29 is 0 Å². The number of hydrogen-bond acceptors (Lipinski definition) is 5. The van der Waals surface area contributed by atoms with Gasteiger partial charge in [-0.1, -0.05) is 6.92 Å². The van der Waals surface area contributed by atoms with Crippen molar-refractivity contribution in [2.75, 3.05) is 6.54 Å². The van der Waals surface area contributed by atoms with Crippen LogP contribution in [0.1, 0.15) is 29.4 Å². The van der Waals surface area contributed by atoms with Crippen molar-refractivity contribution in [2.45, 2.75) is 26.3 Å². The summed E-state index contributed by atoms with van der Waals surface area (Å²) in [6, 6.07) is 0.250. The SMILES string of the molecule is CCNC(Cc1cn2ccsc2n1)c1csc(C)n1. The topological polar surface area (TPSA) is 42.2 Å². The molecule has 3 aromatic heterocycles. The first-order valence-electron chi connectivity index (χ1n) is 6.32. The molecule has 0 saturated heterocycles. The van der Waals surface area contributed by atoms with Gasteiger partial charge < -0.3 is 5.32 Å². The number of rotatable bonds is 5. The fourth-order valence-corrected chi connectivity index (χ4v) is 3.54. The number of thiazole rings is 2. The zero-order valence-electron chi connectivity index (χ0n) is 11.0. The van der Waals surface area contributed by atoms with Gasteiger partial charge in [0.2, 0.25) is 0 Å². The maximum atomic E-state index is 4.64. The van der Waals surface area contributed by atoms with Crippen LogP contribution in [0, 0.1) is 6.92 Å². The van der Waals surface area contributed by atoms with Crippen LogP contribution in [0.15, 0.2) is 23.2 Å². The first-order chi connectivity index (χ1) is 9.26. The number of aromatic nitrogens is 3. The van der Waals surface area contributed by atoms with Crippen LogP contribution >= 0.6 is 22.7 Å². The number of imidazole rings is 1. The average molecular weight is 292 g/mol. The van der Waals surface area contributed by atoms with Crippen LogP contribution in [0.2, 0.25) is 0 Å². The van der Waals surface area contributed by atoms with E-state index in [0.717, 1.165) is 34.3 Å². The molecule has 1 atom stereocenters. The Morgan fingerprint density at radius 3 is 2.95 bits per heavy atom. The Bertz CT molecular complexity index is 638. The summed E-state index contributed by atoms with van der Waals surface area (Å²) in [7, 11) is 0.